The van der Waals surface area contributed by atoms with Crippen molar-refractivity contribution in [2.24, 2.45) is 11.7 Å². The summed E-state index contributed by atoms with van der Waals surface area (Å²) in [7, 11) is 0. The first-order valence-corrected chi connectivity index (χ1v) is 8.56. The molecule has 0 aliphatic carbocycles. The molecule has 8 nitrogen and oxygen atoms in total. The Morgan fingerprint density at radius 3 is 2.80 bits per heavy atom. The molecule has 136 valence electrons. The summed E-state index contributed by atoms with van der Waals surface area (Å²) < 4.78 is 11.5. The summed E-state index contributed by atoms with van der Waals surface area (Å²) in [6.07, 6.45) is 1.67. The number of nitrogens with zero attached hydrogens (tertiary/aromatic N) is 1. The van der Waals surface area contributed by atoms with Crippen molar-refractivity contribution in [3.8, 4) is 11.5 Å². The van der Waals surface area contributed by atoms with Gasteiger partial charge in [-0.25, -0.2) is 9.59 Å². The van der Waals surface area contributed by atoms with Crippen molar-refractivity contribution in [2.45, 2.75) is 18.9 Å². The van der Waals surface area contributed by atoms with Crippen molar-refractivity contribution >= 4 is 12.1 Å². The first kappa shape index (κ1) is 17.2. The Balaban J connectivity index is 1.44. The molecule has 0 bridgehead atoms. The lowest BCUT2D eigenvalue weighted by molar-refractivity contribution is 0.0889. The van der Waals surface area contributed by atoms with E-state index in [9.17, 15) is 9.59 Å². The third-order valence-corrected chi connectivity index (χ3v) is 4.42. The maximum Gasteiger partial charge on any atom is 0.317 e. The summed E-state index contributed by atoms with van der Waals surface area (Å²) in [5.41, 5.74) is 5.10. The van der Waals surface area contributed by atoms with Gasteiger partial charge in [0.05, 0.1) is 6.54 Å². The first-order chi connectivity index (χ1) is 12.1. The van der Waals surface area contributed by atoms with Crippen LogP contribution < -0.4 is 25.8 Å². The smallest absolute Gasteiger partial charge is 0.317 e. The van der Waals surface area contributed by atoms with Crippen molar-refractivity contribution in [1.29, 1.82) is 0 Å². The zero-order valence-electron chi connectivity index (χ0n) is 14.1. The fraction of sp³-hybridized carbons (Fsp3) is 0.529. The predicted octanol–water partition coefficient (Wildman–Crippen LogP) is 0.916. The summed E-state index contributed by atoms with van der Waals surface area (Å²) in [5.74, 6) is 1.66. The van der Waals surface area contributed by atoms with Crippen molar-refractivity contribution < 1.29 is 19.1 Å². The molecule has 4 N–H and O–H groups in total. The Morgan fingerprint density at radius 1 is 1.20 bits per heavy atom. The number of carbonyl (C=O) groups excluding carboxylic acids is 2. The largest absolute Gasteiger partial charge is 0.486 e. The van der Waals surface area contributed by atoms with Gasteiger partial charge in [-0.15, -0.1) is 0 Å². The zero-order chi connectivity index (χ0) is 17.6. The fourth-order valence-corrected chi connectivity index (χ4v) is 3.14. The molecule has 2 aliphatic heterocycles. The number of nitrogens with two attached hydrogens (primary N) is 1. The molecule has 0 spiro atoms. The number of piperidine rings is 1. The van der Waals surface area contributed by atoms with Crippen LogP contribution in [0, 0.1) is 5.92 Å². The van der Waals surface area contributed by atoms with Gasteiger partial charge in [0, 0.05) is 19.6 Å². The highest BCUT2D eigenvalue weighted by molar-refractivity contribution is 5.74. The second kappa shape index (κ2) is 7.96. The number of fused-ring (bicyclic) bond motifs is 1. The normalized spacial score (nSPS) is 22.2. The van der Waals surface area contributed by atoms with Gasteiger partial charge in [0.1, 0.15) is 6.61 Å². The standard InChI is InChI=1S/C17H24N4O4/c18-16(22)19-8-12-4-3-7-21(10-12)17(23)20-9-13-11-24-14-5-1-2-6-15(14)25-13/h1-2,5-6,12-13H,3-4,7-11H2,(H,20,23)(H3,18,19,22). The first-order valence-electron chi connectivity index (χ1n) is 8.56. The lowest BCUT2D eigenvalue weighted by Crippen LogP contribution is -2.50. The van der Waals surface area contributed by atoms with Crippen LogP contribution in [0.2, 0.25) is 0 Å². The second-order valence-corrected chi connectivity index (χ2v) is 6.38. The highest BCUT2D eigenvalue weighted by Gasteiger charge is 2.26. The summed E-state index contributed by atoms with van der Waals surface area (Å²) in [6.45, 7) is 2.60. The summed E-state index contributed by atoms with van der Waals surface area (Å²) in [4.78, 5) is 25.0. The van der Waals surface area contributed by atoms with Crippen LogP contribution in [0.5, 0.6) is 11.5 Å². The number of nitrogens with one attached hydrogen (secondary N) is 2. The van der Waals surface area contributed by atoms with Crippen LogP contribution in [0.3, 0.4) is 0 Å². The molecule has 2 atom stereocenters. The number of urea groups is 2. The Kier molecular flexibility index (Phi) is 5.47. The van der Waals surface area contributed by atoms with Crippen molar-refractivity contribution in [3.63, 3.8) is 0 Å². The number of hydrogen-bond acceptors (Lipinski definition) is 4. The van der Waals surface area contributed by atoms with Crippen LogP contribution in [-0.2, 0) is 0 Å². The lowest BCUT2D eigenvalue weighted by atomic mass is 9.98. The van der Waals surface area contributed by atoms with Crippen molar-refractivity contribution in [3.05, 3.63) is 24.3 Å². The van der Waals surface area contributed by atoms with E-state index in [0.717, 1.165) is 18.6 Å². The molecule has 8 heteroatoms. The third kappa shape index (κ3) is 4.68. The number of primary amides is 1. The van der Waals surface area contributed by atoms with Crippen molar-refractivity contribution in [2.75, 3.05) is 32.8 Å². The fourth-order valence-electron chi connectivity index (χ4n) is 3.14. The Bertz CT molecular complexity index is 624. The Hall–Kier alpha value is -2.64. The van der Waals surface area contributed by atoms with Gasteiger partial charge in [-0.3, -0.25) is 0 Å². The van der Waals surface area contributed by atoms with Crippen LogP contribution >= 0.6 is 0 Å². The van der Waals surface area contributed by atoms with Crippen LogP contribution in [0.4, 0.5) is 9.59 Å². The van der Waals surface area contributed by atoms with E-state index in [2.05, 4.69) is 10.6 Å². The van der Waals surface area contributed by atoms with E-state index in [1.54, 1.807) is 4.90 Å². The number of amides is 4. The molecule has 1 aromatic rings. The Labute approximate surface area is 146 Å². The number of likely N-dealkylation sites (tertiary alicyclic amines) is 1. The minimum Gasteiger partial charge on any atom is -0.486 e. The SMILES string of the molecule is NC(=O)NCC1CCCN(C(=O)NCC2COc3ccccc3O2)C1. The highest BCUT2D eigenvalue weighted by atomic mass is 16.6. The number of rotatable bonds is 4. The third-order valence-electron chi connectivity index (χ3n) is 4.42. The quantitative estimate of drug-likeness (QED) is 0.752. The number of para-hydroxylation sites is 2. The second-order valence-electron chi connectivity index (χ2n) is 6.38. The minimum atomic E-state index is -0.531. The van der Waals surface area contributed by atoms with Crippen molar-refractivity contribution in [1.82, 2.24) is 15.5 Å². The van der Waals surface area contributed by atoms with Gasteiger partial charge in [0.15, 0.2) is 17.6 Å². The van der Waals surface area contributed by atoms with E-state index in [-0.39, 0.29) is 18.1 Å². The molecule has 1 saturated heterocycles. The maximum absolute atomic E-state index is 12.4. The highest BCUT2D eigenvalue weighted by Crippen LogP contribution is 2.30. The lowest BCUT2D eigenvalue weighted by Gasteiger charge is -2.33. The van der Waals surface area contributed by atoms with Crippen LogP contribution in [0.1, 0.15) is 12.8 Å². The predicted molar refractivity (Wildman–Crippen MR) is 91.6 cm³/mol. The Morgan fingerprint density at radius 2 is 2.00 bits per heavy atom. The molecule has 2 aliphatic rings. The van der Waals surface area contributed by atoms with Gasteiger partial charge in [0.25, 0.3) is 0 Å². The average Bonchev–Trinajstić information content (AvgIpc) is 2.64. The van der Waals surface area contributed by atoms with Gasteiger partial charge in [-0.1, -0.05) is 12.1 Å². The number of ether oxygens (including phenoxy) is 2. The van der Waals surface area contributed by atoms with E-state index in [1.807, 2.05) is 24.3 Å². The van der Waals surface area contributed by atoms with Crippen LogP contribution in [0.25, 0.3) is 0 Å². The average molecular weight is 348 g/mol. The summed E-state index contributed by atoms with van der Waals surface area (Å²) in [6, 6.07) is 6.84. The molecular weight excluding hydrogens is 324 g/mol. The summed E-state index contributed by atoms with van der Waals surface area (Å²) in [5, 5.41) is 5.52. The van der Waals surface area contributed by atoms with Crippen LogP contribution in [-0.4, -0.2) is 55.9 Å². The molecule has 25 heavy (non-hydrogen) atoms. The molecule has 0 saturated carbocycles. The number of benzene rings is 1. The van der Waals surface area contributed by atoms with Gasteiger partial charge in [-0.2, -0.15) is 0 Å². The van der Waals surface area contributed by atoms with Gasteiger partial charge in [-0.05, 0) is 30.9 Å². The topological polar surface area (TPSA) is 106 Å². The minimum absolute atomic E-state index is 0.119. The van der Waals surface area contributed by atoms with Gasteiger partial charge in [0.2, 0.25) is 0 Å². The van der Waals surface area contributed by atoms with Crippen LogP contribution in [0.15, 0.2) is 24.3 Å². The maximum atomic E-state index is 12.4. The zero-order valence-corrected chi connectivity index (χ0v) is 14.1. The molecule has 2 heterocycles. The summed E-state index contributed by atoms with van der Waals surface area (Å²) >= 11 is 0. The molecule has 0 aromatic heterocycles. The van der Waals surface area contributed by atoms with E-state index in [4.69, 9.17) is 15.2 Å². The molecule has 2 unspecified atom stereocenters. The van der Waals surface area contributed by atoms with E-state index in [0.29, 0.717) is 38.5 Å². The number of hydrogen-bond donors (Lipinski definition) is 3. The van der Waals surface area contributed by atoms with Gasteiger partial charge >= 0.3 is 12.1 Å². The molecule has 1 fully saturated rings. The molecule has 3 rings (SSSR count). The molecule has 0 radical (unpaired) electrons. The van der Waals surface area contributed by atoms with E-state index in [1.165, 1.54) is 0 Å². The van der Waals surface area contributed by atoms with Gasteiger partial charge < -0.3 is 30.7 Å². The van der Waals surface area contributed by atoms with E-state index >= 15 is 0 Å². The van der Waals surface area contributed by atoms with E-state index < -0.39 is 6.03 Å². The number of carbonyl (C=O) groups is 2. The molecule has 4 amide bonds. The monoisotopic (exact) mass is 348 g/mol. The molecular formula is C17H24N4O4. The molecule has 1 aromatic carbocycles.